The maximum Gasteiger partial charge on any atom is 0.237 e. The van der Waals surface area contributed by atoms with E-state index in [0.717, 1.165) is 35.9 Å². The van der Waals surface area contributed by atoms with E-state index in [1.54, 1.807) is 0 Å². The Bertz CT molecular complexity index is 622. The van der Waals surface area contributed by atoms with Crippen LogP contribution in [0.1, 0.15) is 311 Å². The van der Waals surface area contributed by atoms with Gasteiger partial charge in [-0.3, -0.25) is 4.80 Å². The standard InChI is InChI=1S/C54H111OSi/c1-52(2)46-40-34-28-22-16-10-7-13-19-25-31-37-43-49-56(55,50-44-38-32-26-20-14-8-11-17-23-29-35-41-47-53(3)4)51-45-39-33-27-21-15-9-12-18-24-30-36-42-48-54(5)6/h52-54H,7-51H2,1-6H3. The van der Waals surface area contributed by atoms with Gasteiger partial charge in [-0.25, -0.2) is 0 Å². The first kappa shape index (κ1) is 56.2. The van der Waals surface area contributed by atoms with Crippen LogP contribution in [-0.2, 0) is 4.80 Å². The highest BCUT2D eigenvalue weighted by Gasteiger charge is 2.31. The summed E-state index contributed by atoms with van der Waals surface area (Å²) in [6.45, 7) is 14.1. The van der Waals surface area contributed by atoms with Crippen molar-refractivity contribution < 1.29 is 4.80 Å². The molecule has 0 heterocycles. The lowest BCUT2D eigenvalue weighted by Gasteiger charge is -2.23. The van der Waals surface area contributed by atoms with Crippen LogP contribution in [-0.4, -0.2) is 8.32 Å². The normalized spacial score (nSPS) is 12.3. The Morgan fingerprint density at radius 1 is 0.214 bits per heavy atom. The fourth-order valence-electron chi connectivity index (χ4n) is 9.21. The Morgan fingerprint density at radius 3 is 0.482 bits per heavy atom. The van der Waals surface area contributed by atoms with E-state index in [9.17, 15) is 4.80 Å². The molecule has 0 amide bonds. The minimum Gasteiger partial charge on any atom is -0.297 e. The number of unbranched alkanes of at least 4 members (excludes halogenated alkanes) is 36. The van der Waals surface area contributed by atoms with E-state index in [2.05, 4.69) is 41.5 Å². The first-order valence-corrected chi connectivity index (χ1v) is 29.5. The Hall–Kier alpha value is 0.177. The van der Waals surface area contributed by atoms with Gasteiger partial charge >= 0.3 is 0 Å². The van der Waals surface area contributed by atoms with Crippen LogP contribution in [0.2, 0.25) is 18.1 Å². The van der Waals surface area contributed by atoms with Gasteiger partial charge in [0.05, 0.1) is 0 Å². The highest BCUT2D eigenvalue weighted by molar-refractivity contribution is 6.72. The average molecular weight is 805 g/mol. The van der Waals surface area contributed by atoms with Crippen LogP contribution in [0.15, 0.2) is 0 Å². The van der Waals surface area contributed by atoms with Gasteiger partial charge in [0.15, 0.2) is 0 Å². The molecule has 0 bridgehead atoms. The average Bonchev–Trinajstić information content (AvgIpc) is 3.16. The summed E-state index contributed by atoms with van der Waals surface area (Å²) < 4.78 is 0. The maximum atomic E-state index is 14.3. The predicted octanol–water partition coefficient (Wildman–Crippen LogP) is 20.7. The van der Waals surface area contributed by atoms with Crippen LogP contribution >= 0.6 is 0 Å². The number of hydrogen-bond acceptors (Lipinski definition) is 0. The van der Waals surface area contributed by atoms with Crippen molar-refractivity contribution in [1.29, 1.82) is 0 Å². The lowest BCUT2D eigenvalue weighted by molar-refractivity contribution is 0.397. The third kappa shape index (κ3) is 46.9. The van der Waals surface area contributed by atoms with Crippen molar-refractivity contribution in [2.45, 2.75) is 329 Å². The van der Waals surface area contributed by atoms with E-state index in [4.69, 9.17) is 0 Å². The van der Waals surface area contributed by atoms with Crippen molar-refractivity contribution >= 4 is 8.32 Å². The van der Waals surface area contributed by atoms with Crippen LogP contribution in [0.3, 0.4) is 0 Å². The van der Waals surface area contributed by atoms with Gasteiger partial charge < -0.3 is 0 Å². The van der Waals surface area contributed by atoms with Crippen LogP contribution < -0.4 is 0 Å². The first-order chi connectivity index (χ1) is 27.2. The molecule has 1 radical (unpaired) electrons. The molecular formula is C54H111OSi. The van der Waals surface area contributed by atoms with E-state index >= 15 is 0 Å². The minimum absolute atomic E-state index is 0.876. The molecule has 0 saturated carbocycles. The molecule has 0 rings (SSSR count). The maximum absolute atomic E-state index is 14.3. The van der Waals surface area contributed by atoms with Gasteiger partial charge in [-0.15, -0.1) is 0 Å². The van der Waals surface area contributed by atoms with Crippen molar-refractivity contribution in [3.63, 3.8) is 0 Å². The van der Waals surface area contributed by atoms with E-state index < -0.39 is 8.32 Å². The van der Waals surface area contributed by atoms with Crippen LogP contribution in [0, 0.1) is 17.8 Å². The molecule has 0 aliphatic carbocycles. The molecule has 1 nitrogen and oxygen atoms in total. The fourth-order valence-corrected chi connectivity index (χ4v) is 12.6. The van der Waals surface area contributed by atoms with Gasteiger partial charge in [-0.1, -0.05) is 311 Å². The molecule has 0 aromatic rings. The Balaban J connectivity index is 4.10. The van der Waals surface area contributed by atoms with E-state index in [0.29, 0.717) is 0 Å². The molecule has 56 heavy (non-hydrogen) atoms. The van der Waals surface area contributed by atoms with Crippen LogP contribution in [0.25, 0.3) is 0 Å². The molecule has 0 aliphatic rings. The third-order valence-corrected chi connectivity index (χ3v) is 17.0. The zero-order chi connectivity index (χ0) is 41.1. The van der Waals surface area contributed by atoms with Gasteiger partial charge in [0, 0.05) is 0 Å². The Kier molecular flexibility index (Phi) is 44.9. The summed E-state index contributed by atoms with van der Waals surface area (Å²) in [5, 5.41) is 0. The number of hydrogen-bond donors (Lipinski definition) is 0. The molecule has 0 N–H and O–H groups in total. The second kappa shape index (κ2) is 44.7. The summed E-state index contributed by atoms with van der Waals surface area (Å²) in [6, 6.07) is 3.25. The first-order valence-electron chi connectivity index (χ1n) is 27.0. The molecule has 0 aromatic carbocycles. The molecule has 0 spiro atoms. The molecule has 337 valence electrons. The van der Waals surface area contributed by atoms with E-state index in [1.807, 2.05) is 0 Å². The third-order valence-electron chi connectivity index (χ3n) is 13.2. The summed E-state index contributed by atoms with van der Waals surface area (Å²) in [6.07, 6.45) is 59.2. The van der Waals surface area contributed by atoms with E-state index in [1.165, 1.54) is 270 Å². The van der Waals surface area contributed by atoms with Crippen LogP contribution in [0.5, 0.6) is 0 Å². The predicted molar refractivity (Wildman–Crippen MR) is 259 cm³/mol. The Labute approximate surface area is 358 Å². The molecular weight excluding hydrogens is 693 g/mol. The molecule has 0 fully saturated rings. The molecule has 0 aliphatic heterocycles. The zero-order valence-electron chi connectivity index (χ0n) is 40.5. The molecule has 2 heteroatoms. The summed E-state index contributed by atoms with van der Waals surface area (Å²) in [5.41, 5.74) is 0. The minimum atomic E-state index is -2.32. The van der Waals surface area contributed by atoms with Crippen molar-refractivity contribution in [3.05, 3.63) is 0 Å². The van der Waals surface area contributed by atoms with Gasteiger partial charge in [0.25, 0.3) is 0 Å². The largest absolute Gasteiger partial charge is 0.297 e. The SMILES string of the molecule is CC(C)CCCCCCCCCCCCCCC[Si]([O])(CCCCCCCCCCCCCCCC(C)C)CCCCCCCCCCCCCCCC(C)C. The number of rotatable bonds is 48. The quantitative estimate of drug-likeness (QED) is 0.0431. The Morgan fingerprint density at radius 2 is 0.339 bits per heavy atom. The molecule has 0 saturated heterocycles. The fraction of sp³-hybridized carbons (Fsp3) is 1.00. The molecule has 0 unspecified atom stereocenters. The molecule has 0 aromatic heterocycles. The van der Waals surface area contributed by atoms with Gasteiger partial charge in [0.1, 0.15) is 0 Å². The highest BCUT2D eigenvalue weighted by Crippen LogP contribution is 2.29. The topological polar surface area (TPSA) is 19.9 Å². The van der Waals surface area contributed by atoms with Crippen molar-refractivity contribution in [1.82, 2.24) is 0 Å². The summed E-state index contributed by atoms with van der Waals surface area (Å²) in [4.78, 5) is 14.3. The monoisotopic (exact) mass is 804 g/mol. The zero-order valence-corrected chi connectivity index (χ0v) is 41.5. The second-order valence-electron chi connectivity index (χ2n) is 20.8. The van der Waals surface area contributed by atoms with E-state index in [-0.39, 0.29) is 0 Å². The highest BCUT2D eigenvalue weighted by atomic mass is 28.4. The lowest BCUT2D eigenvalue weighted by atomic mass is 10.0. The van der Waals surface area contributed by atoms with Crippen LogP contribution in [0.4, 0.5) is 0 Å². The summed E-state index contributed by atoms with van der Waals surface area (Å²) in [7, 11) is -2.32. The summed E-state index contributed by atoms with van der Waals surface area (Å²) in [5.74, 6) is 2.63. The van der Waals surface area contributed by atoms with Gasteiger partial charge in [-0.05, 0) is 35.9 Å². The smallest absolute Gasteiger partial charge is 0.237 e. The van der Waals surface area contributed by atoms with Gasteiger partial charge in [-0.2, -0.15) is 0 Å². The lowest BCUT2D eigenvalue weighted by Crippen LogP contribution is -2.32. The van der Waals surface area contributed by atoms with Crippen molar-refractivity contribution in [2.24, 2.45) is 17.8 Å². The second-order valence-corrected chi connectivity index (χ2v) is 24.6. The van der Waals surface area contributed by atoms with Crippen molar-refractivity contribution in [2.75, 3.05) is 0 Å². The summed E-state index contributed by atoms with van der Waals surface area (Å²) >= 11 is 0. The van der Waals surface area contributed by atoms with Crippen molar-refractivity contribution in [3.8, 4) is 0 Å². The van der Waals surface area contributed by atoms with Gasteiger partial charge in [0.2, 0.25) is 8.32 Å². The molecule has 0 atom stereocenters.